The third-order valence-electron chi connectivity index (χ3n) is 3.52. The van der Waals surface area contributed by atoms with Gasteiger partial charge in [0.1, 0.15) is 6.29 Å². The molecule has 2 aliphatic rings. The molecule has 1 heterocycles. The van der Waals surface area contributed by atoms with Crippen molar-refractivity contribution in [3.05, 3.63) is 11.1 Å². The van der Waals surface area contributed by atoms with Crippen LogP contribution in [-0.2, 0) is 4.79 Å². The smallest absolute Gasteiger partial charge is 0.366 e. The zero-order chi connectivity index (χ0) is 14.1. The van der Waals surface area contributed by atoms with Gasteiger partial charge in [0.2, 0.25) is 0 Å². The first kappa shape index (κ1) is 14.8. The van der Waals surface area contributed by atoms with Crippen LogP contribution in [0.2, 0.25) is 0 Å². The van der Waals surface area contributed by atoms with Gasteiger partial charge >= 0.3 is 6.18 Å². The summed E-state index contributed by atoms with van der Waals surface area (Å²) in [4.78, 5) is 13.0. The Labute approximate surface area is 115 Å². The number of allylic oxidation sites excluding steroid dienone is 1. The number of carbonyl (C=O) groups excluding carboxylic acids is 1. The number of hydrogen-bond donors (Lipinski definition) is 0. The molecule has 0 aromatic rings. The number of alkyl halides is 3. The molecule has 0 aromatic carbocycles. The SMILES string of the molecule is CCCN(CC1CC1)C1=CCC(C=O)(C(F)(F)F)S1. The second-order valence-corrected chi connectivity index (χ2v) is 6.59. The molecule has 1 unspecified atom stereocenters. The maximum absolute atomic E-state index is 13.0. The van der Waals surface area contributed by atoms with Gasteiger partial charge in [0.05, 0.1) is 5.03 Å². The Morgan fingerprint density at radius 2 is 2.21 bits per heavy atom. The Bertz CT molecular complexity index is 379. The topological polar surface area (TPSA) is 20.3 Å². The molecule has 0 N–H and O–H groups in total. The fourth-order valence-corrected chi connectivity index (χ4v) is 3.35. The molecule has 0 radical (unpaired) electrons. The van der Waals surface area contributed by atoms with Crippen LogP contribution in [0.1, 0.15) is 32.6 Å². The van der Waals surface area contributed by atoms with Crippen molar-refractivity contribution in [1.29, 1.82) is 0 Å². The van der Waals surface area contributed by atoms with Crippen molar-refractivity contribution in [1.82, 2.24) is 4.90 Å². The van der Waals surface area contributed by atoms with Gasteiger partial charge in [0.15, 0.2) is 4.75 Å². The number of rotatable bonds is 6. The van der Waals surface area contributed by atoms with Crippen molar-refractivity contribution in [2.45, 2.75) is 43.5 Å². The molecule has 0 spiro atoms. The molecule has 1 saturated carbocycles. The maximum Gasteiger partial charge on any atom is 0.410 e. The molecule has 19 heavy (non-hydrogen) atoms. The normalized spacial score (nSPS) is 27.3. The first-order valence-corrected chi connectivity index (χ1v) is 7.40. The molecule has 1 atom stereocenters. The zero-order valence-corrected chi connectivity index (χ0v) is 11.7. The fraction of sp³-hybridized carbons (Fsp3) is 0.769. The Hall–Kier alpha value is -0.650. The van der Waals surface area contributed by atoms with Crippen LogP contribution >= 0.6 is 11.8 Å². The Morgan fingerprint density at radius 3 is 2.63 bits per heavy atom. The molecule has 0 aromatic heterocycles. The number of halogens is 3. The monoisotopic (exact) mass is 293 g/mol. The van der Waals surface area contributed by atoms with E-state index in [4.69, 9.17) is 0 Å². The van der Waals surface area contributed by atoms with Gasteiger partial charge in [-0.15, -0.1) is 0 Å². The summed E-state index contributed by atoms with van der Waals surface area (Å²) >= 11 is 0.677. The Balaban J connectivity index is 2.06. The second-order valence-electron chi connectivity index (χ2n) is 5.24. The molecule has 0 amide bonds. The van der Waals surface area contributed by atoms with E-state index >= 15 is 0 Å². The van der Waals surface area contributed by atoms with Crippen molar-refractivity contribution in [2.24, 2.45) is 5.92 Å². The van der Waals surface area contributed by atoms with Crippen LogP contribution in [0.5, 0.6) is 0 Å². The van der Waals surface area contributed by atoms with Gasteiger partial charge in [0, 0.05) is 13.1 Å². The lowest BCUT2D eigenvalue weighted by Crippen LogP contribution is -2.42. The van der Waals surface area contributed by atoms with Crippen LogP contribution in [0.15, 0.2) is 11.1 Å². The molecular formula is C13H18F3NOS. The zero-order valence-electron chi connectivity index (χ0n) is 10.9. The van der Waals surface area contributed by atoms with Gasteiger partial charge in [-0.05, 0) is 31.6 Å². The molecule has 0 bridgehead atoms. The third-order valence-corrected chi connectivity index (χ3v) is 5.01. The van der Waals surface area contributed by atoms with Crippen LogP contribution in [0, 0.1) is 5.92 Å². The second kappa shape index (κ2) is 5.38. The third kappa shape index (κ3) is 3.09. The van der Waals surface area contributed by atoms with E-state index in [9.17, 15) is 18.0 Å². The van der Waals surface area contributed by atoms with E-state index in [-0.39, 0.29) is 12.7 Å². The summed E-state index contributed by atoms with van der Waals surface area (Å²) in [6.45, 7) is 3.58. The fourth-order valence-electron chi connectivity index (χ4n) is 2.19. The van der Waals surface area contributed by atoms with Crippen LogP contribution in [0.25, 0.3) is 0 Å². The molecule has 2 rings (SSSR count). The lowest BCUT2D eigenvalue weighted by Gasteiger charge is -2.29. The van der Waals surface area contributed by atoms with Crippen molar-refractivity contribution < 1.29 is 18.0 Å². The van der Waals surface area contributed by atoms with E-state index in [1.807, 2.05) is 11.8 Å². The standard InChI is InChI=1S/C13H18F3NOS/c1-2-7-17(8-10-3-4-10)11-5-6-12(9-18,19-11)13(14,15)16/h5,9-10H,2-4,6-8H2,1H3. The number of hydrogen-bond acceptors (Lipinski definition) is 3. The number of aldehydes is 1. The highest BCUT2D eigenvalue weighted by Crippen LogP contribution is 2.51. The molecule has 1 fully saturated rings. The highest BCUT2D eigenvalue weighted by molar-refractivity contribution is 8.05. The highest BCUT2D eigenvalue weighted by Gasteiger charge is 2.58. The van der Waals surface area contributed by atoms with Crippen LogP contribution in [0.3, 0.4) is 0 Å². The van der Waals surface area contributed by atoms with Gasteiger partial charge in [-0.1, -0.05) is 24.8 Å². The Kier molecular flexibility index (Phi) is 4.18. The van der Waals surface area contributed by atoms with Gasteiger partial charge < -0.3 is 9.69 Å². The largest absolute Gasteiger partial charge is 0.410 e. The highest BCUT2D eigenvalue weighted by atomic mass is 32.2. The summed E-state index contributed by atoms with van der Waals surface area (Å²) in [5, 5.41) is 0.623. The lowest BCUT2D eigenvalue weighted by atomic mass is 10.1. The summed E-state index contributed by atoms with van der Waals surface area (Å²) in [5.41, 5.74) is 0. The van der Waals surface area contributed by atoms with Gasteiger partial charge in [0.25, 0.3) is 0 Å². The number of thioether (sulfide) groups is 1. The summed E-state index contributed by atoms with van der Waals surface area (Å²) in [6, 6.07) is 0. The van der Waals surface area contributed by atoms with Crippen LogP contribution in [-0.4, -0.2) is 35.2 Å². The minimum absolute atomic E-state index is 0.0580. The molecule has 0 saturated heterocycles. The predicted molar refractivity (Wildman–Crippen MR) is 69.7 cm³/mol. The quantitative estimate of drug-likeness (QED) is 0.698. The maximum atomic E-state index is 13.0. The average Bonchev–Trinajstić information content (AvgIpc) is 3.04. The first-order valence-electron chi connectivity index (χ1n) is 6.59. The van der Waals surface area contributed by atoms with Crippen molar-refractivity contribution in [3.8, 4) is 0 Å². The van der Waals surface area contributed by atoms with E-state index in [0.717, 1.165) is 32.4 Å². The predicted octanol–water partition coefficient (Wildman–Crippen LogP) is 3.59. The van der Waals surface area contributed by atoms with E-state index in [2.05, 4.69) is 0 Å². The first-order chi connectivity index (χ1) is 8.92. The van der Waals surface area contributed by atoms with Crippen LogP contribution < -0.4 is 0 Å². The molecule has 2 nitrogen and oxygen atoms in total. The lowest BCUT2D eigenvalue weighted by molar-refractivity contribution is -0.161. The summed E-state index contributed by atoms with van der Waals surface area (Å²) in [5.74, 6) is 0.616. The van der Waals surface area contributed by atoms with Crippen molar-refractivity contribution >= 4 is 18.0 Å². The van der Waals surface area contributed by atoms with Crippen LogP contribution in [0.4, 0.5) is 13.2 Å². The molecule has 1 aliphatic carbocycles. The molecular weight excluding hydrogens is 275 g/mol. The van der Waals surface area contributed by atoms with Crippen molar-refractivity contribution in [2.75, 3.05) is 13.1 Å². The van der Waals surface area contributed by atoms with Gasteiger partial charge in [-0.3, -0.25) is 0 Å². The molecule has 6 heteroatoms. The molecule has 108 valence electrons. The van der Waals surface area contributed by atoms with Gasteiger partial charge in [-0.25, -0.2) is 0 Å². The van der Waals surface area contributed by atoms with E-state index < -0.39 is 10.9 Å². The Morgan fingerprint density at radius 1 is 1.53 bits per heavy atom. The van der Waals surface area contributed by atoms with Gasteiger partial charge in [-0.2, -0.15) is 13.2 Å². The summed E-state index contributed by atoms with van der Waals surface area (Å²) < 4.78 is 36.8. The molecule has 1 aliphatic heterocycles. The minimum Gasteiger partial charge on any atom is -0.366 e. The van der Waals surface area contributed by atoms with Crippen molar-refractivity contribution in [3.63, 3.8) is 0 Å². The summed E-state index contributed by atoms with van der Waals surface area (Å²) in [6.07, 6.45) is 0.115. The summed E-state index contributed by atoms with van der Waals surface area (Å²) in [7, 11) is 0. The number of nitrogens with zero attached hydrogens (tertiary/aromatic N) is 1. The van der Waals surface area contributed by atoms with E-state index in [1.54, 1.807) is 6.08 Å². The van der Waals surface area contributed by atoms with E-state index in [1.165, 1.54) is 0 Å². The number of carbonyl (C=O) groups is 1. The average molecular weight is 293 g/mol. The minimum atomic E-state index is -4.49. The van der Waals surface area contributed by atoms with E-state index in [0.29, 0.717) is 22.7 Å².